The summed E-state index contributed by atoms with van der Waals surface area (Å²) in [5.74, 6) is 0.893. The van der Waals surface area contributed by atoms with Crippen LogP contribution in [-0.2, 0) is 0 Å². The first kappa shape index (κ1) is 24.9. The predicted octanol–water partition coefficient (Wildman–Crippen LogP) is 6.65. The van der Waals surface area contributed by atoms with Crippen molar-refractivity contribution in [3.05, 3.63) is 0 Å². The topological polar surface area (TPSA) is 15.3 Å². The van der Waals surface area contributed by atoms with Crippen molar-refractivity contribution in [3.63, 3.8) is 0 Å². The first-order valence-electron chi connectivity index (χ1n) is 11.5. The highest BCUT2D eigenvalue weighted by Gasteiger charge is 1.96. The van der Waals surface area contributed by atoms with Gasteiger partial charge in [0.2, 0.25) is 0 Å². The SMILES string of the molecule is CC(C)CCCCCCCCCCCCCCCNCCCN(C)C. The summed E-state index contributed by atoms with van der Waals surface area (Å²) in [4.78, 5) is 2.26. The molecule has 0 saturated carbocycles. The van der Waals surface area contributed by atoms with E-state index < -0.39 is 0 Å². The molecular formula is C23H50N2. The third-order valence-corrected chi connectivity index (χ3v) is 5.09. The molecule has 0 aliphatic heterocycles. The van der Waals surface area contributed by atoms with E-state index in [1.165, 1.54) is 116 Å². The standard InChI is InChI=1S/C23H50N2/c1-23(2)19-16-14-12-10-8-6-5-7-9-11-13-15-17-20-24-21-18-22-25(3)4/h23-24H,5-22H2,1-4H3. The molecule has 0 radical (unpaired) electrons. The van der Waals surface area contributed by atoms with Crippen molar-refractivity contribution >= 4 is 0 Å². The minimum Gasteiger partial charge on any atom is -0.317 e. The third kappa shape index (κ3) is 23.9. The van der Waals surface area contributed by atoms with Crippen LogP contribution in [0.1, 0.15) is 110 Å². The van der Waals surface area contributed by atoms with Crippen molar-refractivity contribution < 1.29 is 0 Å². The highest BCUT2D eigenvalue weighted by atomic mass is 15.0. The average molecular weight is 355 g/mol. The van der Waals surface area contributed by atoms with E-state index in [-0.39, 0.29) is 0 Å². The molecule has 0 aromatic carbocycles. The number of hydrogen-bond donors (Lipinski definition) is 1. The fourth-order valence-corrected chi connectivity index (χ4v) is 3.39. The van der Waals surface area contributed by atoms with Crippen molar-refractivity contribution in [2.75, 3.05) is 33.7 Å². The highest BCUT2D eigenvalue weighted by molar-refractivity contribution is 4.53. The van der Waals surface area contributed by atoms with Crippen LogP contribution >= 0.6 is 0 Å². The Morgan fingerprint density at radius 2 is 0.960 bits per heavy atom. The van der Waals surface area contributed by atoms with Crippen LogP contribution in [0, 0.1) is 5.92 Å². The van der Waals surface area contributed by atoms with Gasteiger partial charge >= 0.3 is 0 Å². The van der Waals surface area contributed by atoms with Gasteiger partial charge in [0.15, 0.2) is 0 Å². The molecule has 0 aliphatic carbocycles. The maximum atomic E-state index is 3.56. The Bertz CT molecular complexity index is 214. The summed E-state index contributed by atoms with van der Waals surface area (Å²) in [6.07, 6.45) is 21.6. The van der Waals surface area contributed by atoms with Gasteiger partial charge in [-0.15, -0.1) is 0 Å². The second-order valence-corrected chi connectivity index (χ2v) is 8.69. The van der Waals surface area contributed by atoms with Gasteiger partial charge in [-0.05, 0) is 52.5 Å². The van der Waals surface area contributed by atoms with Gasteiger partial charge in [-0.3, -0.25) is 0 Å². The summed E-state index contributed by atoms with van der Waals surface area (Å²) >= 11 is 0. The van der Waals surface area contributed by atoms with E-state index in [1.807, 2.05) is 0 Å². The van der Waals surface area contributed by atoms with Crippen LogP contribution < -0.4 is 5.32 Å². The van der Waals surface area contributed by atoms with Crippen molar-refractivity contribution in [1.29, 1.82) is 0 Å². The van der Waals surface area contributed by atoms with E-state index in [0.717, 1.165) is 5.92 Å². The number of rotatable bonds is 20. The molecular weight excluding hydrogens is 304 g/mol. The molecule has 0 aliphatic rings. The molecule has 0 spiro atoms. The molecule has 2 nitrogen and oxygen atoms in total. The van der Waals surface area contributed by atoms with Crippen LogP contribution in [-0.4, -0.2) is 38.6 Å². The largest absolute Gasteiger partial charge is 0.317 e. The number of nitrogens with zero attached hydrogens (tertiary/aromatic N) is 1. The summed E-state index contributed by atoms with van der Waals surface area (Å²) in [5, 5.41) is 3.56. The minimum absolute atomic E-state index is 0.893. The van der Waals surface area contributed by atoms with Gasteiger partial charge in [-0.25, -0.2) is 0 Å². The van der Waals surface area contributed by atoms with Crippen molar-refractivity contribution in [1.82, 2.24) is 10.2 Å². The molecule has 0 amide bonds. The highest BCUT2D eigenvalue weighted by Crippen LogP contribution is 2.14. The van der Waals surface area contributed by atoms with Gasteiger partial charge < -0.3 is 10.2 Å². The minimum atomic E-state index is 0.893. The summed E-state index contributed by atoms with van der Waals surface area (Å²) in [6.45, 7) is 8.26. The Kier molecular flexibility index (Phi) is 20.2. The summed E-state index contributed by atoms with van der Waals surface area (Å²) in [6, 6.07) is 0. The molecule has 0 saturated heterocycles. The molecule has 0 heterocycles. The zero-order chi connectivity index (χ0) is 18.6. The smallest absolute Gasteiger partial charge is 0.00127 e. The normalized spacial score (nSPS) is 11.8. The first-order chi connectivity index (χ1) is 12.1. The summed E-state index contributed by atoms with van der Waals surface area (Å²) < 4.78 is 0. The molecule has 0 fully saturated rings. The van der Waals surface area contributed by atoms with E-state index in [1.54, 1.807) is 0 Å². The lowest BCUT2D eigenvalue weighted by Gasteiger charge is -2.09. The van der Waals surface area contributed by atoms with Crippen molar-refractivity contribution in [3.8, 4) is 0 Å². The van der Waals surface area contributed by atoms with Crippen LogP contribution in [0.2, 0.25) is 0 Å². The molecule has 0 aromatic heterocycles. The third-order valence-electron chi connectivity index (χ3n) is 5.09. The maximum absolute atomic E-state index is 3.56. The van der Waals surface area contributed by atoms with E-state index in [2.05, 4.69) is 38.2 Å². The van der Waals surface area contributed by atoms with E-state index in [9.17, 15) is 0 Å². The molecule has 0 rings (SSSR count). The lowest BCUT2D eigenvalue weighted by Crippen LogP contribution is -2.22. The Morgan fingerprint density at radius 3 is 1.40 bits per heavy atom. The van der Waals surface area contributed by atoms with Gasteiger partial charge in [-0.1, -0.05) is 97.3 Å². The lowest BCUT2D eigenvalue weighted by molar-refractivity contribution is 0.393. The zero-order valence-electron chi connectivity index (χ0n) is 18.3. The molecule has 0 aromatic rings. The van der Waals surface area contributed by atoms with Gasteiger partial charge in [0, 0.05) is 0 Å². The Morgan fingerprint density at radius 1 is 0.560 bits per heavy atom. The van der Waals surface area contributed by atoms with Crippen molar-refractivity contribution in [2.24, 2.45) is 5.92 Å². The van der Waals surface area contributed by atoms with Gasteiger partial charge in [0.1, 0.15) is 0 Å². The van der Waals surface area contributed by atoms with Gasteiger partial charge in [0.05, 0.1) is 0 Å². The Balaban J connectivity index is 2.98. The molecule has 1 N–H and O–H groups in total. The van der Waals surface area contributed by atoms with Crippen LogP contribution in [0.4, 0.5) is 0 Å². The monoisotopic (exact) mass is 354 g/mol. The second-order valence-electron chi connectivity index (χ2n) is 8.69. The zero-order valence-corrected chi connectivity index (χ0v) is 18.3. The van der Waals surface area contributed by atoms with Crippen LogP contribution in [0.3, 0.4) is 0 Å². The van der Waals surface area contributed by atoms with E-state index in [4.69, 9.17) is 0 Å². The average Bonchev–Trinajstić information content (AvgIpc) is 2.56. The summed E-state index contributed by atoms with van der Waals surface area (Å²) in [5.41, 5.74) is 0. The van der Waals surface area contributed by atoms with Crippen LogP contribution in [0.15, 0.2) is 0 Å². The van der Waals surface area contributed by atoms with Crippen LogP contribution in [0.25, 0.3) is 0 Å². The molecule has 0 bridgehead atoms. The molecule has 2 heteroatoms. The van der Waals surface area contributed by atoms with Gasteiger partial charge in [-0.2, -0.15) is 0 Å². The van der Waals surface area contributed by atoms with Crippen molar-refractivity contribution in [2.45, 2.75) is 110 Å². The predicted molar refractivity (Wildman–Crippen MR) is 116 cm³/mol. The molecule has 0 atom stereocenters. The number of unbranched alkanes of at least 4 members (excludes halogenated alkanes) is 12. The Labute approximate surface area is 160 Å². The molecule has 0 unspecified atom stereocenters. The molecule has 152 valence electrons. The second kappa shape index (κ2) is 20.2. The first-order valence-corrected chi connectivity index (χ1v) is 11.5. The summed E-state index contributed by atoms with van der Waals surface area (Å²) in [7, 11) is 4.30. The molecule has 25 heavy (non-hydrogen) atoms. The van der Waals surface area contributed by atoms with E-state index in [0.29, 0.717) is 0 Å². The fourth-order valence-electron chi connectivity index (χ4n) is 3.39. The van der Waals surface area contributed by atoms with E-state index >= 15 is 0 Å². The van der Waals surface area contributed by atoms with Crippen LogP contribution in [0.5, 0.6) is 0 Å². The fraction of sp³-hybridized carbons (Fsp3) is 1.00. The lowest BCUT2D eigenvalue weighted by atomic mass is 10.0. The quantitative estimate of drug-likeness (QED) is 0.246. The van der Waals surface area contributed by atoms with Gasteiger partial charge in [0.25, 0.3) is 0 Å². The Hall–Kier alpha value is -0.0800. The maximum Gasteiger partial charge on any atom is -0.00127 e. The number of nitrogens with one attached hydrogen (secondary N) is 1. The number of hydrogen-bond acceptors (Lipinski definition) is 2.